The number of Topliss-reactive ketones (excluding diaryl/α,β-unsaturated/α-hetero) is 1. The van der Waals surface area contributed by atoms with Gasteiger partial charge in [-0.2, -0.15) is 0 Å². The van der Waals surface area contributed by atoms with Gasteiger partial charge < -0.3 is 9.64 Å². The molecule has 106 valence electrons. The second-order valence-corrected chi connectivity index (χ2v) is 5.45. The van der Waals surface area contributed by atoms with Crippen molar-refractivity contribution in [2.45, 2.75) is 33.3 Å². The largest absolute Gasteiger partial charge is 0.444 e. The van der Waals surface area contributed by atoms with Crippen molar-refractivity contribution < 1.29 is 14.3 Å². The summed E-state index contributed by atoms with van der Waals surface area (Å²) in [6.45, 7) is 10.4. The highest BCUT2D eigenvalue weighted by atomic mass is 35.5. The molecule has 18 heavy (non-hydrogen) atoms. The molecule has 1 saturated heterocycles. The number of carbonyl (C=O) groups excluding carboxylic acids is 2. The van der Waals surface area contributed by atoms with E-state index >= 15 is 0 Å². The number of carbonyl (C=O) groups is 2. The van der Waals surface area contributed by atoms with E-state index in [9.17, 15) is 9.59 Å². The summed E-state index contributed by atoms with van der Waals surface area (Å²) in [7, 11) is 0. The summed E-state index contributed by atoms with van der Waals surface area (Å²) in [6, 6.07) is 0. The minimum atomic E-state index is -0.451. The van der Waals surface area contributed by atoms with Crippen LogP contribution in [0.3, 0.4) is 0 Å². The molecule has 1 aliphatic rings. The fraction of sp³-hybridized carbons (Fsp3) is 0.833. The van der Waals surface area contributed by atoms with Crippen molar-refractivity contribution in [1.29, 1.82) is 0 Å². The number of halogens is 1. The van der Waals surface area contributed by atoms with E-state index in [-0.39, 0.29) is 24.3 Å². The standard InChI is InChI=1S/C12H22N2O3.ClH/c1-10(15)9-13-5-7-14(8-6-13)11(16)17-12(2,3)4;/h5-9H2,1-4H3;1H. The molecule has 1 heterocycles. The number of hydrogen-bond acceptors (Lipinski definition) is 4. The van der Waals surface area contributed by atoms with Crippen LogP contribution in [0, 0.1) is 0 Å². The third-order valence-corrected chi connectivity index (χ3v) is 2.47. The Morgan fingerprint density at radius 1 is 1.11 bits per heavy atom. The van der Waals surface area contributed by atoms with Crippen molar-refractivity contribution in [3.05, 3.63) is 0 Å². The van der Waals surface area contributed by atoms with Gasteiger partial charge in [0.05, 0.1) is 6.54 Å². The number of rotatable bonds is 2. The SMILES string of the molecule is CC(=O)CN1CCN(C(=O)OC(C)(C)C)CC1.Cl. The fourth-order valence-corrected chi connectivity index (χ4v) is 1.73. The molecule has 0 bridgehead atoms. The van der Waals surface area contributed by atoms with Crippen molar-refractivity contribution >= 4 is 24.3 Å². The Bertz CT molecular complexity index is 294. The molecule has 0 spiro atoms. The molecule has 0 radical (unpaired) electrons. The molecule has 1 aliphatic heterocycles. The average Bonchev–Trinajstić information content (AvgIpc) is 2.15. The van der Waals surface area contributed by atoms with Crippen LogP contribution >= 0.6 is 12.4 Å². The molecule has 0 aliphatic carbocycles. The highest BCUT2D eigenvalue weighted by Gasteiger charge is 2.25. The Balaban J connectivity index is 0.00000289. The molecule has 0 atom stereocenters. The van der Waals surface area contributed by atoms with Crippen LogP contribution in [0.4, 0.5) is 4.79 Å². The fourth-order valence-electron chi connectivity index (χ4n) is 1.73. The summed E-state index contributed by atoms with van der Waals surface area (Å²) >= 11 is 0. The third-order valence-electron chi connectivity index (χ3n) is 2.47. The maximum Gasteiger partial charge on any atom is 0.410 e. The number of amides is 1. The van der Waals surface area contributed by atoms with E-state index in [4.69, 9.17) is 4.74 Å². The van der Waals surface area contributed by atoms with Crippen LogP contribution in [-0.4, -0.2) is 60.0 Å². The van der Waals surface area contributed by atoms with E-state index in [1.807, 2.05) is 20.8 Å². The maximum atomic E-state index is 11.8. The number of nitrogens with zero attached hydrogens (tertiary/aromatic N) is 2. The van der Waals surface area contributed by atoms with E-state index in [1.54, 1.807) is 11.8 Å². The molecule has 1 rings (SSSR count). The second kappa shape index (κ2) is 6.95. The summed E-state index contributed by atoms with van der Waals surface area (Å²) in [5.41, 5.74) is -0.451. The first kappa shape index (κ1) is 17.2. The number of hydrogen-bond donors (Lipinski definition) is 0. The van der Waals surface area contributed by atoms with Gasteiger partial charge in [0.1, 0.15) is 11.4 Å². The monoisotopic (exact) mass is 278 g/mol. The molecule has 0 aromatic carbocycles. The molecule has 0 N–H and O–H groups in total. The van der Waals surface area contributed by atoms with Crippen molar-refractivity contribution in [3.8, 4) is 0 Å². The molecule has 5 nitrogen and oxygen atoms in total. The average molecular weight is 279 g/mol. The van der Waals surface area contributed by atoms with Gasteiger partial charge in [0.25, 0.3) is 0 Å². The Kier molecular flexibility index (Phi) is 6.63. The van der Waals surface area contributed by atoms with Crippen molar-refractivity contribution in [1.82, 2.24) is 9.80 Å². The molecule has 0 saturated carbocycles. The van der Waals surface area contributed by atoms with E-state index < -0.39 is 5.60 Å². The summed E-state index contributed by atoms with van der Waals surface area (Å²) in [5.74, 6) is 0.163. The minimum absolute atomic E-state index is 0. The van der Waals surface area contributed by atoms with Crippen LogP contribution < -0.4 is 0 Å². The van der Waals surface area contributed by atoms with E-state index in [1.165, 1.54) is 0 Å². The highest BCUT2D eigenvalue weighted by Crippen LogP contribution is 2.11. The summed E-state index contributed by atoms with van der Waals surface area (Å²) in [5, 5.41) is 0. The van der Waals surface area contributed by atoms with Crippen LogP contribution in [0.25, 0.3) is 0 Å². The van der Waals surface area contributed by atoms with E-state index in [0.29, 0.717) is 19.6 Å². The Hall–Kier alpha value is -0.810. The molecular weight excluding hydrogens is 256 g/mol. The van der Waals surface area contributed by atoms with Crippen molar-refractivity contribution in [2.75, 3.05) is 32.7 Å². The number of ketones is 1. The lowest BCUT2D eigenvalue weighted by atomic mass is 10.2. The lowest BCUT2D eigenvalue weighted by molar-refractivity contribution is -0.118. The predicted molar refractivity (Wildman–Crippen MR) is 72.2 cm³/mol. The van der Waals surface area contributed by atoms with Gasteiger partial charge in [0, 0.05) is 26.2 Å². The Morgan fingerprint density at radius 2 is 1.61 bits per heavy atom. The normalized spacial score (nSPS) is 17.0. The van der Waals surface area contributed by atoms with Gasteiger partial charge in [-0.3, -0.25) is 9.69 Å². The number of piperazine rings is 1. The zero-order chi connectivity index (χ0) is 13.1. The second-order valence-electron chi connectivity index (χ2n) is 5.45. The first-order valence-corrected chi connectivity index (χ1v) is 5.97. The third kappa shape index (κ3) is 6.21. The zero-order valence-electron chi connectivity index (χ0n) is 11.6. The van der Waals surface area contributed by atoms with Gasteiger partial charge in [-0.1, -0.05) is 0 Å². The highest BCUT2D eigenvalue weighted by molar-refractivity contribution is 5.85. The molecule has 1 amide bonds. The van der Waals surface area contributed by atoms with Crippen LogP contribution in [0.5, 0.6) is 0 Å². The van der Waals surface area contributed by atoms with E-state index in [2.05, 4.69) is 4.90 Å². The van der Waals surface area contributed by atoms with Crippen molar-refractivity contribution in [2.24, 2.45) is 0 Å². The molecule has 0 unspecified atom stereocenters. The lowest BCUT2D eigenvalue weighted by Gasteiger charge is -2.35. The first-order chi connectivity index (χ1) is 7.78. The van der Waals surface area contributed by atoms with Gasteiger partial charge in [0.2, 0.25) is 0 Å². The van der Waals surface area contributed by atoms with Gasteiger partial charge in [-0.15, -0.1) is 12.4 Å². The zero-order valence-corrected chi connectivity index (χ0v) is 12.4. The molecule has 6 heteroatoms. The predicted octanol–water partition coefficient (Wildman–Crippen LogP) is 1.55. The Morgan fingerprint density at radius 3 is 2.00 bits per heavy atom. The quantitative estimate of drug-likeness (QED) is 0.769. The molecule has 0 aromatic heterocycles. The van der Waals surface area contributed by atoms with Crippen LogP contribution in [0.15, 0.2) is 0 Å². The van der Waals surface area contributed by atoms with Gasteiger partial charge in [-0.25, -0.2) is 4.79 Å². The van der Waals surface area contributed by atoms with Gasteiger partial charge >= 0.3 is 6.09 Å². The van der Waals surface area contributed by atoms with Gasteiger partial charge in [-0.05, 0) is 27.7 Å². The van der Waals surface area contributed by atoms with E-state index in [0.717, 1.165) is 13.1 Å². The van der Waals surface area contributed by atoms with Crippen LogP contribution in [0.1, 0.15) is 27.7 Å². The van der Waals surface area contributed by atoms with Crippen LogP contribution in [-0.2, 0) is 9.53 Å². The number of ether oxygens (including phenoxy) is 1. The lowest BCUT2D eigenvalue weighted by Crippen LogP contribution is -2.50. The minimum Gasteiger partial charge on any atom is -0.444 e. The smallest absolute Gasteiger partial charge is 0.410 e. The van der Waals surface area contributed by atoms with Crippen LogP contribution in [0.2, 0.25) is 0 Å². The molecular formula is C12H23ClN2O3. The first-order valence-electron chi connectivity index (χ1n) is 5.97. The summed E-state index contributed by atoms with van der Waals surface area (Å²) in [6.07, 6.45) is -0.264. The summed E-state index contributed by atoms with van der Waals surface area (Å²) in [4.78, 5) is 26.5. The van der Waals surface area contributed by atoms with Crippen molar-refractivity contribution in [3.63, 3.8) is 0 Å². The molecule has 1 fully saturated rings. The topological polar surface area (TPSA) is 49.9 Å². The van der Waals surface area contributed by atoms with Gasteiger partial charge in [0.15, 0.2) is 0 Å². The Labute approximate surface area is 115 Å². The maximum absolute atomic E-state index is 11.8. The molecule has 0 aromatic rings. The summed E-state index contributed by atoms with van der Waals surface area (Å²) < 4.78 is 5.30.